The molecule has 2 aromatic carbocycles. The van der Waals surface area contributed by atoms with Crippen LogP contribution in [0.4, 0.5) is 14.5 Å². The van der Waals surface area contributed by atoms with E-state index in [0.29, 0.717) is 16.1 Å². The highest BCUT2D eigenvalue weighted by Gasteiger charge is 2.12. The first-order valence-corrected chi connectivity index (χ1v) is 7.02. The summed E-state index contributed by atoms with van der Waals surface area (Å²) in [6, 6.07) is 7.91. The Hall–Kier alpha value is -2.08. The number of rotatable bonds is 4. The maximum Gasteiger partial charge on any atom is 0.338 e. The average molecular weight is 309 g/mol. The van der Waals surface area contributed by atoms with Crippen molar-refractivity contribution in [2.75, 3.05) is 12.3 Å². The zero-order valence-electron chi connectivity index (χ0n) is 11.2. The third-order valence-corrected chi connectivity index (χ3v) is 3.76. The molecule has 0 aliphatic carbocycles. The second-order valence-corrected chi connectivity index (χ2v) is 5.23. The average Bonchev–Trinajstić information content (AvgIpc) is 2.44. The zero-order valence-corrected chi connectivity index (χ0v) is 12.0. The van der Waals surface area contributed by atoms with E-state index in [4.69, 9.17) is 10.5 Å². The Morgan fingerprint density at radius 2 is 1.95 bits per heavy atom. The molecule has 0 radical (unpaired) electrons. The molecule has 2 rings (SSSR count). The van der Waals surface area contributed by atoms with Crippen molar-refractivity contribution in [1.82, 2.24) is 0 Å². The van der Waals surface area contributed by atoms with Gasteiger partial charge in [0.25, 0.3) is 0 Å². The molecule has 0 aromatic heterocycles. The van der Waals surface area contributed by atoms with E-state index in [0.717, 1.165) is 23.9 Å². The molecular weight excluding hydrogens is 296 g/mol. The Labute approximate surface area is 125 Å². The van der Waals surface area contributed by atoms with Gasteiger partial charge in [0.05, 0.1) is 12.2 Å². The number of carbonyl (C=O) groups is 1. The molecule has 3 nitrogen and oxygen atoms in total. The quantitative estimate of drug-likeness (QED) is 0.688. The van der Waals surface area contributed by atoms with Crippen LogP contribution in [0.5, 0.6) is 0 Å². The van der Waals surface area contributed by atoms with Gasteiger partial charge in [-0.1, -0.05) is 11.8 Å². The number of hydrogen-bond acceptors (Lipinski definition) is 4. The first-order valence-electron chi connectivity index (χ1n) is 6.20. The van der Waals surface area contributed by atoms with Crippen molar-refractivity contribution in [3.63, 3.8) is 0 Å². The third-order valence-electron chi connectivity index (χ3n) is 2.64. The van der Waals surface area contributed by atoms with Gasteiger partial charge >= 0.3 is 5.97 Å². The van der Waals surface area contributed by atoms with E-state index in [1.165, 1.54) is 12.1 Å². The number of halogens is 2. The lowest BCUT2D eigenvalue weighted by Gasteiger charge is -2.09. The number of esters is 1. The van der Waals surface area contributed by atoms with Gasteiger partial charge in [0, 0.05) is 21.5 Å². The second-order valence-electron chi connectivity index (χ2n) is 4.15. The van der Waals surface area contributed by atoms with Crippen LogP contribution in [0.15, 0.2) is 46.2 Å². The second kappa shape index (κ2) is 6.58. The van der Waals surface area contributed by atoms with Crippen LogP contribution in [0.1, 0.15) is 17.3 Å². The van der Waals surface area contributed by atoms with Crippen LogP contribution in [-0.4, -0.2) is 12.6 Å². The first kappa shape index (κ1) is 15.3. The number of carbonyl (C=O) groups excluding carboxylic acids is 1. The highest BCUT2D eigenvalue weighted by molar-refractivity contribution is 7.99. The summed E-state index contributed by atoms with van der Waals surface area (Å²) < 4.78 is 31.4. The summed E-state index contributed by atoms with van der Waals surface area (Å²) in [4.78, 5) is 12.4. The molecule has 0 aliphatic heterocycles. The fourth-order valence-electron chi connectivity index (χ4n) is 1.64. The molecule has 110 valence electrons. The Morgan fingerprint density at radius 1 is 1.19 bits per heavy atom. The number of nitrogens with two attached hydrogens (primary N) is 1. The first-order chi connectivity index (χ1) is 10.0. The minimum atomic E-state index is -0.680. The predicted molar refractivity (Wildman–Crippen MR) is 77.3 cm³/mol. The van der Waals surface area contributed by atoms with Crippen molar-refractivity contribution < 1.29 is 18.3 Å². The highest BCUT2D eigenvalue weighted by atomic mass is 32.2. The van der Waals surface area contributed by atoms with Gasteiger partial charge in [0.1, 0.15) is 11.6 Å². The molecule has 0 heterocycles. The minimum absolute atomic E-state index is 0.226. The molecule has 2 N–H and O–H groups in total. The summed E-state index contributed by atoms with van der Waals surface area (Å²) in [5.41, 5.74) is 6.55. The standard InChI is InChI=1S/C15H13F2NO2S/c1-2-20-15(19)9-3-5-12(18)14(7-9)21-13-6-4-10(16)8-11(13)17/h3-8H,2,18H2,1H3. The molecule has 0 atom stereocenters. The van der Waals surface area contributed by atoms with Crippen LogP contribution in [0.25, 0.3) is 0 Å². The molecular formula is C15H13F2NO2S. The molecule has 0 spiro atoms. The molecule has 6 heteroatoms. The normalized spacial score (nSPS) is 10.4. The van der Waals surface area contributed by atoms with E-state index in [1.54, 1.807) is 19.1 Å². The fourth-order valence-corrected chi connectivity index (χ4v) is 2.54. The van der Waals surface area contributed by atoms with E-state index in [2.05, 4.69) is 0 Å². The van der Waals surface area contributed by atoms with Gasteiger partial charge in [-0.05, 0) is 37.3 Å². The van der Waals surface area contributed by atoms with Gasteiger partial charge in [-0.3, -0.25) is 0 Å². The van der Waals surface area contributed by atoms with Gasteiger partial charge in [-0.25, -0.2) is 13.6 Å². The number of benzene rings is 2. The van der Waals surface area contributed by atoms with E-state index >= 15 is 0 Å². The Balaban J connectivity index is 2.30. The van der Waals surface area contributed by atoms with Gasteiger partial charge in [-0.15, -0.1) is 0 Å². The molecule has 0 aliphatic rings. The Kier molecular flexibility index (Phi) is 4.80. The number of ether oxygens (including phenoxy) is 1. The van der Waals surface area contributed by atoms with Crippen molar-refractivity contribution in [3.05, 3.63) is 53.6 Å². The summed E-state index contributed by atoms with van der Waals surface area (Å²) >= 11 is 1.02. The van der Waals surface area contributed by atoms with Crippen LogP contribution >= 0.6 is 11.8 Å². The molecule has 0 unspecified atom stereocenters. The summed E-state index contributed by atoms with van der Waals surface area (Å²) in [6.45, 7) is 1.97. The predicted octanol–water partition coefficient (Wildman–Crippen LogP) is 3.87. The van der Waals surface area contributed by atoms with Crippen molar-refractivity contribution in [1.29, 1.82) is 0 Å². The van der Waals surface area contributed by atoms with Crippen LogP contribution < -0.4 is 5.73 Å². The maximum absolute atomic E-state index is 13.7. The fraction of sp³-hybridized carbons (Fsp3) is 0.133. The van der Waals surface area contributed by atoms with Crippen LogP contribution in [-0.2, 0) is 4.74 Å². The summed E-state index contributed by atoms with van der Waals surface area (Å²) in [5, 5.41) is 0. The molecule has 0 fully saturated rings. The van der Waals surface area contributed by atoms with E-state index in [-0.39, 0.29) is 11.5 Å². The number of hydrogen-bond donors (Lipinski definition) is 1. The van der Waals surface area contributed by atoms with Gasteiger partial charge < -0.3 is 10.5 Å². The molecule has 0 bridgehead atoms. The molecule has 0 amide bonds. The zero-order chi connectivity index (χ0) is 15.4. The van der Waals surface area contributed by atoms with Crippen molar-refractivity contribution in [2.45, 2.75) is 16.7 Å². The van der Waals surface area contributed by atoms with Crippen LogP contribution in [0.2, 0.25) is 0 Å². The van der Waals surface area contributed by atoms with Gasteiger partial charge in [0.2, 0.25) is 0 Å². The SMILES string of the molecule is CCOC(=O)c1ccc(N)c(Sc2ccc(F)cc2F)c1. The highest BCUT2D eigenvalue weighted by Crippen LogP contribution is 2.34. The van der Waals surface area contributed by atoms with E-state index in [9.17, 15) is 13.6 Å². The monoisotopic (exact) mass is 309 g/mol. The number of nitrogen functional groups attached to an aromatic ring is 1. The van der Waals surface area contributed by atoms with E-state index in [1.807, 2.05) is 0 Å². The summed E-state index contributed by atoms with van der Waals surface area (Å²) in [7, 11) is 0. The maximum atomic E-state index is 13.7. The van der Waals surface area contributed by atoms with Gasteiger partial charge in [-0.2, -0.15) is 0 Å². The number of anilines is 1. The van der Waals surface area contributed by atoms with Crippen LogP contribution in [0.3, 0.4) is 0 Å². The lowest BCUT2D eigenvalue weighted by Crippen LogP contribution is -2.05. The topological polar surface area (TPSA) is 52.3 Å². The van der Waals surface area contributed by atoms with E-state index < -0.39 is 17.6 Å². The van der Waals surface area contributed by atoms with Crippen LogP contribution in [0, 0.1) is 11.6 Å². The molecule has 0 saturated carbocycles. The Bertz CT molecular complexity index is 677. The summed E-state index contributed by atoms with van der Waals surface area (Å²) in [6.07, 6.45) is 0. The summed E-state index contributed by atoms with van der Waals surface area (Å²) in [5.74, 6) is -1.80. The molecule has 0 saturated heterocycles. The Morgan fingerprint density at radius 3 is 2.62 bits per heavy atom. The largest absolute Gasteiger partial charge is 0.462 e. The van der Waals surface area contributed by atoms with Gasteiger partial charge in [0.15, 0.2) is 0 Å². The molecule has 21 heavy (non-hydrogen) atoms. The van der Waals surface area contributed by atoms with Crippen molar-refractivity contribution in [3.8, 4) is 0 Å². The lowest BCUT2D eigenvalue weighted by atomic mass is 10.2. The molecule has 2 aromatic rings. The van der Waals surface area contributed by atoms with Crippen molar-refractivity contribution in [2.24, 2.45) is 0 Å². The lowest BCUT2D eigenvalue weighted by molar-refractivity contribution is 0.0526. The van der Waals surface area contributed by atoms with Crippen molar-refractivity contribution >= 4 is 23.4 Å². The minimum Gasteiger partial charge on any atom is -0.462 e. The smallest absolute Gasteiger partial charge is 0.338 e. The third kappa shape index (κ3) is 3.72.